The Balaban J connectivity index is 2.28. The second-order valence-electron chi connectivity index (χ2n) is 4.31. The van der Waals surface area contributed by atoms with Crippen LogP contribution >= 0.6 is 0 Å². The zero-order valence-corrected chi connectivity index (χ0v) is 12.6. The van der Waals surface area contributed by atoms with Crippen molar-refractivity contribution in [3.63, 3.8) is 0 Å². The summed E-state index contributed by atoms with van der Waals surface area (Å²) in [5.74, 6) is -0.803. The molecular formula is C14H15N3O4S. The number of benzene rings is 1. The molecule has 2 aromatic rings. The summed E-state index contributed by atoms with van der Waals surface area (Å²) in [6, 6.07) is 7.57. The number of carbonyl (C=O) groups is 1. The zero-order chi connectivity index (χ0) is 16.1. The Labute approximate surface area is 129 Å². The average molecular weight is 321 g/mol. The molecule has 8 heteroatoms. The van der Waals surface area contributed by atoms with Crippen LogP contribution in [0.2, 0.25) is 0 Å². The van der Waals surface area contributed by atoms with Crippen molar-refractivity contribution in [2.75, 3.05) is 11.8 Å². The summed E-state index contributed by atoms with van der Waals surface area (Å²) in [5, 5.41) is 8.97. The molecule has 0 fully saturated rings. The largest absolute Gasteiger partial charge is 0.480 e. The number of carboxylic acid groups (broad SMARTS) is 1. The lowest BCUT2D eigenvalue weighted by Gasteiger charge is -2.11. The first-order chi connectivity index (χ1) is 10.5. The van der Waals surface area contributed by atoms with E-state index in [0.717, 1.165) is 5.56 Å². The fourth-order valence-electron chi connectivity index (χ4n) is 1.75. The number of methoxy groups -OCH3 is 1. The first kappa shape index (κ1) is 15.9. The van der Waals surface area contributed by atoms with E-state index in [4.69, 9.17) is 15.6 Å². The van der Waals surface area contributed by atoms with Gasteiger partial charge < -0.3 is 15.6 Å². The van der Waals surface area contributed by atoms with Gasteiger partial charge in [0, 0.05) is 12.7 Å². The van der Waals surface area contributed by atoms with Gasteiger partial charge >= 0.3 is 5.97 Å². The number of aromatic carboxylic acids is 1. The number of rotatable bonds is 6. The number of hydrogen-bond donors (Lipinski definition) is 3. The number of aromatic nitrogens is 1. The highest BCUT2D eigenvalue weighted by atomic mass is 32.2. The van der Waals surface area contributed by atoms with E-state index in [1.54, 1.807) is 18.3 Å². The lowest BCUT2D eigenvalue weighted by molar-refractivity contribution is 0.0696. The average Bonchev–Trinajstić information content (AvgIpc) is 2.54. The standard InChI is InChI=1S/C14H15N3O4S/c1-21-13-12(5-9(7-15)8-16-13)17-22(20)11-4-2-3-10(6-11)14(18)19/h2-6,8,17H,7,15H2,1H3,(H,18,19). The lowest BCUT2D eigenvalue weighted by atomic mass is 10.2. The Morgan fingerprint density at radius 2 is 2.23 bits per heavy atom. The minimum Gasteiger partial charge on any atom is -0.480 e. The van der Waals surface area contributed by atoms with Crippen molar-refractivity contribution in [3.05, 3.63) is 47.7 Å². The summed E-state index contributed by atoms with van der Waals surface area (Å²) in [6.07, 6.45) is 1.57. The molecule has 0 aliphatic rings. The van der Waals surface area contributed by atoms with E-state index in [-0.39, 0.29) is 18.0 Å². The first-order valence-corrected chi connectivity index (χ1v) is 7.45. The van der Waals surface area contributed by atoms with Crippen molar-refractivity contribution < 1.29 is 18.8 Å². The molecule has 4 N–H and O–H groups in total. The van der Waals surface area contributed by atoms with Crippen LogP contribution in [-0.2, 0) is 17.5 Å². The van der Waals surface area contributed by atoms with Crippen LogP contribution in [0.25, 0.3) is 0 Å². The predicted octanol–water partition coefficient (Wildman–Crippen LogP) is 1.38. The molecule has 0 saturated heterocycles. The Morgan fingerprint density at radius 1 is 1.45 bits per heavy atom. The molecule has 1 aromatic carbocycles. The second kappa shape index (κ2) is 7.01. The van der Waals surface area contributed by atoms with Gasteiger partial charge in [-0.2, -0.15) is 0 Å². The molecule has 0 saturated carbocycles. The molecule has 7 nitrogen and oxygen atoms in total. The van der Waals surface area contributed by atoms with Gasteiger partial charge in [0.05, 0.1) is 17.6 Å². The first-order valence-electron chi connectivity index (χ1n) is 6.30. The van der Waals surface area contributed by atoms with Gasteiger partial charge in [-0.1, -0.05) is 6.07 Å². The van der Waals surface area contributed by atoms with Crippen LogP contribution < -0.4 is 15.2 Å². The number of hydrogen-bond acceptors (Lipinski definition) is 5. The molecule has 0 aliphatic heterocycles. The smallest absolute Gasteiger partial charge is 0.335 e. The van der Waals surface area contributed by atoms with Crippen LogP contribution in [-0.4, -0.2) is 27.4 Å². The maximum Gasteiger partial charge on any atom is 0.335 e. The summed E-state index contributed by atoms with van der Waals surface area (Å²) < 4.78 is 20.2. The van der Waals surface area contributed by atoms with Crippen molar-refractivity contribution in [1.82, 2.24) is 4.98 Å². The summed E-state index contributed by atoms with van der Waals surface area (Å²) in [7, 11) is -0.209. The molecule has 116 valence electrons. The summed E-state index contributed by atoms with van der Waals surface area (Å²) in [4.78, 5) is 15.4. The number of nitrogens with two attached hydrogens (primary N) is 1. The number of anilines is 1. The van der Waals surface area contributed by atoms with Crippen LogP contribution in [0, 0.1) is 0 Å². The van der Waals surface area contributed by atoms with Crippen molar-refractivity contribution in [3.8, 4) is 5.88 Å². The van der Waals surface area contributed by atoms with Gasteiger partial charge in [-0.05, 0) is 29.8 Å². The van der Waals surface area contributed by atoms with E-state index in [1.165, 1.54) is 25.3 Å². The van der Waals surface area contributed by atoms with E-state index in [0.29, 0.717) is 10.6 Å². The highest BCUT2D eigenvalue weighted by molar-refractivity contribution is 7.86. The third kappa shape index (κ3) is 3.60. The van der Waals surface area contributed by atoms with E-state index < -0.39 is 17.0 Å². The molecule has 2 rings (SSSR count). The Morgan fingerprint density at radius 3 is 2.86 bits per heavy atom. The third-order valence-corrected chi connectivity index (χ3v) is 3.92. The molecule has 1 aromatic heterocycles. The van der Waals surface area contributed by atoms with E-state index in [2.05, 4.69) is 9.71 Å². The summed E-state index contributed by atoms with van der Waals surface area (Å²) in [5.41, 5.74) is 6.79. The van der Waals surface area contributed by atoms with Gasteiger partial charge in [0.1, 0.15) is 16.7 Å². The normalized spacial score (nSPS) is 11.7. The zero-order valence-electron chi connectivity index (χ0n) is 11.8. The van der Waals surface area contributed by atoms with Gasteiger partial charge in [-0.3, -0.25) is 4.72 Å². The molecule has 1 atom stereocenters. The topological polar surface area (TPSA) is 115 Å². The SMILES string of the molecule is COc1ncc(CN)cc1NS(=O)c1cccc(C(=O)O)c1. The van der Waals surface area contributed by atoms with Crippen molar-refractivity contribution in [2.24, 2.45) is 5.73 Å². The fourth-order valence-corrected chi connectivity index (χ4v) is 2.65. The number of pyridine rings is 1. The fraction of sp³-hybridized carbons (Fsp3) is 0.143. The van der Waals surface area contributed by atoms with Crippen molar-refractivity contribution in [1.29, 1.82) is 0 Å². The molecular weight excluding hydrogens is 306 g/mol. The van der Waals surface area contributed by atoms with Gasteiger partial charge in [0.15, 0.2) is 0 Å². The van der Waals surface area contributed by atoms with Crippen LogP contribution in [0.5, 0.6) is 5.88 Å². The van der Waals surface area contributed by atoms with E-state index >= 15 is 0 Å². The molecule has 0 amide bonds. The molecule has 0 radical (unpaired) electrons. The molecule has 1 heterocycles. The third-order valence-electron chi connectivity index (χ3n) is 2.83. The predicted molar refractivity (Wildman–Crippen MR) is 82.1 cm³/mol. The number of nitrogens with one attached hydrogen (secondary N) is 1. The minimum atomic E-state index is -1.66. The van der Waals surface area contributed by atoms with Gasteiger partial charge in [0.25, 0.3) is 0 Å². The van der Waals surface area contributed by atoms with E-state index in [1.807, 2.05) is 0 Å². The molecule has 0 aliphatic carbocycles. The lowest BCUT2D eigenvalue weighted by Crippen LogP contribution is -2.09. The molecule has 1 unspecified atom stereocenters. The van der Waals surface area contributed by atoms with Crippen LogP contribution in [0.4, 0.5) is 5.69 Å². The minimum absolute atomic E-state index is 0.0634. The van der Waals surface area contributed by atoms with Gasteiger partial charge in [-0.25, -0.2) is 14.0 Å². The Kier molecular flexibility index (Phi) is 5.08. The van der Waals surface area contributed by atoms with Crippen molar-refractivity contribution in [2.45, 2.75) is 11.4 Å². The van der Waals surface area contributed by atoms with Gasteiger partial charge in [-0.15, -0.1) is 0 Å². The monoisotopic (exact) mass is 321 g/mol. The highest BCUT2D eigenvalue weighted by Crippen LogP contribution is 2.24. The summed E-state index contributed by atoms with van der Waals surface area (Å²) >= 11 is 0. The number of carboxylic acids is 1. The van der Waals surface area contributed by atoms with Crippen LogP contribution in [0.15, 0.2) is 41.4 Å². The van der Waals surface area contributed by atoms with E-state index in [9.17, 15) is 9.00 Å². The molecule has 0 spiro atoms. The number of nitrogens with zero attached hydrogens (tertiary/aromatic N) is 1. The summed E-state index contributed by atoms with van der Waals surface area (Å²) in [6.45, 7) is 0.285. The number of ether oxygens (including phenoxy) is 1. The Bertz CT molecular complexity index is 721. The van der Waals surface area contributed by atoms with Crippen molar-refractivity contribution >= 4 is 22.6 Å². The quantitative estimate of drug-likeness (QED) is 0.740. The molecule has 0 bridgehead atoms. The molecule has 22 heavy (non-hydrogen) atoms. The Hall–Kier alpha value is -2.45. The second-order valence-corrected chi connectivity index (χ2v) is 5.52. The maximum atomic E-state index is 12.3. The maximum absolute atomic E-state index is 12.3. The van der Waals surface area contributed by atoms with Gasteiger partial charge in [0.2, 0.25) is 5.88 Å². The van der Waals surface area contributed by atoms with Crippen LogP contribution in [0.1, 0.15) is 15.9 Å². The highest BCUT2D eigenvalue weighted by Gasteiger charge is 2.12. The van der Waals surface area contributed by atoms with Crippen LogP contribution in [0.3, 0.4) is 0 Å².